The van der Waals surface area contributed by atoms with E-state index >= 15 is 0 Å². The van der Waals surface area contributed by atoms with Gasteiger partial charge >= 0.3 is 0 Å². The van der Waals surface area contributed by atoms with Crippen molar-refractivity contribution in [2.45, 2.75) is 51.9 Å². The summed E-state index contributed by atoms with van der Waals surface area (Å²) in [6, 6.07) is 0. The number of piperazine rings is 1. The van der Waals surface area contributed by atoms with Crippen LogP contribution in [0, 0.1) is 5.92 Å². The molecule has 3 nitrogen and oxygen atoms in total. The number of aliphatic hydroxyl groups is 1. The lowest BCUT2D eigenvalue weighted by Crippen LogP contribution is -2.43. The minimum absolute atomic E-state index is 0.387. The Morgan fingerprint density at radius 2 is 1.78 bits per heavy atom. The number of hydrogen-bond donors (Lipinski definition) is 2. The van der Waals surface area contributed by atoms with E-state index in [1.807, 2.05) is 0 Å². The average molecular weight is 256 g/mol. The Labute approximate surface area is 113 Å². The number of hydrogen-bond acceptors (Lipinski definition) is 3. The van der Waals surface area contributed by atoms with Crippen molar-refractivity contribution in [1.29, 1.82) is 0 Å². The SMILES string of the molecule is CCCC[C@@H](CO)CCCCCN1CCNCC1. The van der Waals surface area contributed by atoms with Crippen molar-refractivity contribution in [2.75, 3.05) is 39.3 Å². The minimum atomic E-state index is 0.387. The maximum Gasteiger partial charge on any atom is 0.0459 e. The predicted molar refractivity (Wildman–Crippen MR) is 77.9 cm³/mol. The summed E-state index contributed by atoms with van der Waals surface area (Å²) in [7, 11) is 0. The second-order valence-corrected chi connectivity index (χ2v) is 5.63. The molecule has 0 aliphatic carbocycles. The molecule has 3 heteroatoms. The lowest BCUT2D eigenvalue weighted by molar-refractivity contribution is 0.202. The molecular weight excluding hydrogens is 224 g/mol. The summed E-state index contributed by atoms with van der Waals surface area (Å²) >= 11 is 0. The van der Waals surface area contributed by atoms with Gasteiger partial charge in [0.1, 0.15) is 0 Å². The van der Waals surface area contributed by atoms with E-state index in [1.54, 1.807) is 0 Å². The van der Waals surface area contributed by atoms with Gasteiger partial charge in [0.25, 0.3) is 0 Å². The van der Waals surface area contributed by atoms with Crippen LogP contribution in [0.25, 0.3) is 0 Å². The molecule has 0 amide bonds. The van der Waals surface area contributed by atoms with Gasteiger partial charge in [0.2, 0.25) is 0 Å². The molecule has 2 N–H and O–H groups in total. The molecule has 1 atom stereocenters. The van der Waals surface area contributed by atoms with Gasteiger partial charge in [-0.25, -0.2) is 0 Å². The summed E-state index contributed by atoms with van der Waals surface area (Å²) < 4.78 is 0. The van der Waals surface area contributed by atoms with Crippen molar-refractivity contribution >= 4 is 0 Å². The molecule has 18 heavy (non-hydrogen) atoms. The van der Waals surface area contributed by atoms with Crippen LogP contribution < -0.4 is 5.32 Å². The van der Waals surface area contributed by atoms with Crippen LogP contribution in [0.5, 0.6) is 0 Å². The largest absolute Gasteiger partial charge is 0.396 e. The smallest absolute Gasteiger partial charge is 0.0459 e. The Bertz CT molecular complexity index is 181. The fraction of sp³-hybridized carbons (Fsp3) is 1.00. The van der Waals surface area contributed by atoms with Crippen molar-refractivity contribution in [3.63, 3.8) is 0 Å². The van der Waals surface area contributed by atoms with Crippen LogP contribution in [0.3, 0.4) is 0 Å². The first-order valence-corrected chi connectivity index (χ1v) is 7.90. The highest BCUT2D eigenvalue weighted by Gasteiger charge is 2.09. The summed E-state index contributed by atoms with van der Waals surface area (Å²) in [4.78, 5) is 2.57. The van der Waals surface area contributed by atoms with Crippen molar-refractivity contribution < 1.29 is 5.11 Å². The molecule has 108 valence electrons. The van der Waals surface area contributed by atoms with Gasteiger partial charge in [0, 0.05) is 32.8 Å². The van der Waals surface area contributed by atoms with Crippen LogP contribution in [0.15, 0.2) is 0 Å². The summed E-state index contributed by atoms with van der Waals surface area (Å²) in [6.45, 7) is 8.62. The van der Waals surface area contributed by atoms with Gasteiger partial charge in [-0.2, -0.15) is 0 Å². The molecule has 0 saturated carbocycles. The first-order valence-electron chi connectivity index (χ1n) is 7.90. The average Bonchev–Trinajstić information content (AvgIpc) is 2.43. The highest BCUT2D eigenvalue weighted by atomic mass is 16.3. The Balaban J connectivity index is 1.93. The van der Waals surface area contributed by atoms with E-state index < -0.39 is 0 Å². The molecule has 1 rings (SSSR count). The Morgan fingerprint density at radius 1 is 1.06 bits per heavy atom. The van der Waals surface area contributed by atoms with Crippen molar-refractivity contribution in [2.24, 2.45) is 5.92 Å². The Kier molecular flexibility index (Phi) is 9.54. The Hall–Kier alpha value is -0.120. The van der Waals surface area contributed by atoms with Crippen molar-refractivity contribution in [1.82, 2.24) is 10.2 Å². The predicted octanol–water partition coefficient (Wildman–Crippen LogP) is 2.25. The van der Waals surface area contributed by atoms with E-state index in [0.29, 0.717) is 12.5 Å². The number of nitrogens with one attached hydrogen (secondary N) is 1. The first-order chi connectivity index (χ1) is 8.86. The van der Waals surface area contributed by atoms with E-state index in [1.165, 1.54) is 64.6 Å². The zero-order chi connectivity index (χ0) is 13.1. The molecule has 0 bridgehead atoms. The van der Waals surface area contributed by atoms with Crippen LogP contribution in [-0.4, -0.2) is 49.3 Å². The van der Waals surface area contributed by atoms with Crippen LogP contribution in [0.1, 0.15) is 51.9 Å². The van der Waals surface area contributed by atoms with Crippen LogP contribution >= 0.6 is 0 Å². The second kappa shape index (κ2) is 10.8. The third-order valence-corrected chi connectivity index (χ3v) is 4.02. The topological polar surface area (TPSA) is 35.5 Å². The Morgan fingerprint density at radius 3 is 2.44 bits per heavy atom. The maximum absolute atomic E-state index is 9.30. The van der Waals surface area contributed by atoms with E-state index in [4.69, 9.17) is 0 Å². The van der Waals surface area contributed by atoms with Crippen molar-refractivity contribution in [3.8, 4) is 0 Å². The standard InChI is InChI=1S/C15H32N2O/c1-2-3-7-15(14-18)8-5-4-6-11-17-12-9-16-10-13-17/h15-16,18H,2-14H2,1H3/t15-/m1/s1. The highest BCUT2D eigenvalue weighted by molar-refractivity contribution is 4.67. The van der Waals surface area contributed by atoms with Gasteiger partial charge in [-0.3, -0.25) is 0 Å². The van der Waals surface area contributed by atoms with Gasteiger partial charge in [0.15, 0.2) is 0 Å². The molecule has 0 aromatic heterocycles. The summed E-state index contributed by atoms with van der Waals surface area (Å²) in [5.74, 6) is 0.559. The maximum atomic E-state index is 9.30. The second-order valence-electron chi connectivity index (χ2n) is 5.63. The normalized spacial score (nSPS) is 19.0. The molecule has 1 heterocycles. The van der Waals surface area contributed by atoms with Gasteiger partial charge in [0.05, 0.1) is 0 Å². The lowest BCUT2D eigenvalue weighted by atomic mass is 9.96. The van der Waals surface area contributed by atoms with E-state index in [-0.39, 0.29) is 0 Å². The molecular formula is C15H32N2O. The molecule has 0 spiro atoms. The summed E-state index contributed by atoms with van der Waals surface area (Å²) in [6.07, 6.45) is 8.90. The highest BCUT2D eigenvalue weighted by Crippen LogP contribution is 2.16. The zero-order valence-corrected chi connectivity index (χ0v) is 12.2. The molecule has 0 aromatic rings. The third-order valence-electron chi connectivity index (χ3n) is 4.02. The fourth-order valence-corrected chi connectivity index (χ4v) is 2.70. The number of unbranched alkanes of at least 4 members (excludes halogenated alkanes) is 3. The van der Waals surface area contributed by atoms with Gasteiger partial charge in [-0.1, -0.05) is 32.6 Å². The van der Waals surface area contributed by atoms with E-state index in [2.05, 4.69) is 17.1 Å². The van der Waals surface area contributed by atoms with Crippen LogP contribution in [-0.2, 0) is 0 Å². The quantitative estimate of drug-likeness (QED) is 0.589. The van der Waals surface area contributed by atoms with Crippen molar-refractivity contribution in [3.05, 3.63) is 0 Å². The van der Waals surface area contributed by atoms with Gasteiger partial charge in [-0.05, 0) is 31.7 Å². The summed E-state index contributed by atoms with van der Waals surface area (Å²) in [5.41, 5.74) is 0. The summed E-state index contributed by atoms with van der Waals surface area (Å²) in [5, 5.41) is 12.7. The zero-order valence-electron chi connectivity index (χ0n) is 12.2. The molecule has 1 saturated heterocycles. The first kappa shape index (κ1) is 15.9. The monoisotopic (exact) mass is 256 g/mol. The molecule has 0 aromatic carbocycles. The van der Waals surface area contributed by atoms with Gasteiger partial charge < -0.3 is 15.3 Å². The molecule has 1 aliphatic heterocycles. The number of rotatable bonds is 10. The lowest BCUT2D eigenvalue weighted by Gasteiger charge is -2.27. The minimum Gasteiger partial charge on any atom is -0.396 e. The fourth-order valence-electron chi connectivity index (χ4n) is 2.70. The van der Waals surface area contributed by atoms with E-state index in [9.17, 15) is 5.11 Å². The third kappa shape index (κ3) is 7.34. The van der Waals surface area contributed by atoms with E-state index in [0.717, 1.165) is 13.1 Å². The molecule has 0 unspecified atom stereocenters. The number of aliphatic hydroxyl groups excluding tert-OH is 1. The molecule has 1 fully saturated rings. The van der Waals surface area contributed by atoms with Gasteiger partial charge in [-0.15, -0.1) is 0 Å². The molecule has 0 radical (unpaired) electrons. The number of nitrogens with zero attached hydrogens (tertiary/aromatic N) is 1. The van der Waals surface area contributed by atoms with Crippen LogP contribution in [0.4, 0.5) is 0 Å². The molecule has 1 aliphatic rings. The van der Waals surface area contributed by atoms with Crippen LogP contribution in [0.2, 0.25) is 0 Å².